The SMILES string of the molecule is CN1CC(CN)(N2CCN(C(=O)OC(C)(C)C)CC2)C1. The summed E-state index contributed by atoms with van der Waals surface area (Å²) in [5.74, 6) is 0. The average Bonchev–Trinajstić information content (AvgIpc) is 2.33. The smallest absolute Gasteiger partial charge is 0.410 e. The second kappa shape index (κ2) is 5.50. The number of carbonyl (C=O) groups excluding carboxylic acids is 1. The van der Waals surface area contributed by atoms with Crippen molar-refractivity contribution in [3.8, 4) is 0 Å². The number of carbonyl (C=O) groups is 1. The second-order valence-electron chi connectivity index (χ2n) is 7.06. The summed E-state index contributed by atoms with van der Waals surface area (Å²) < 4.78 is 5.42. The van der Waals surface area contributed by atoms with Crippen LogP contribution in [-0.2, 0) is 4.74 Å². The minimum Gasteiger partial charge on any atom is -0.444 e. The van der Waals surface area contributed by atoms with E-state index in [1.54, 1.807) is 4.90 Å². The van der Waals surface area contributed by atoms with Crippen molar-refractivity contribution in [3.05, 3.63) is 0 Å². The summed E-state index contributed by atoms with van der Waals surface area (Å²) in [6.45, 7) is 11.6. The van der Waals surface area contributed by atoms with Gasteiger partial charge in [-0.2, -0.15) is 0 Å². The molecule has 0 aliphatic carbocycles. The predicted molar refractivity (Wildman–Crippen MR) is 78.7 cm³/mol. The van der Waals surface area contributed by atoms with Crippen LogP contribution >= 0.6 is 0 Å². The number of nitrogens with two attached hydrogens (primary N) is 1. The molecule has 0 atom stereocenters. The van der Waals surface area contributed by atoms with Gasteiger partial charge in [0.1, 0.15) is 5.60 Å². The molecule has 0 aromatic rings. The highest BCUT2D eigenvalue weighted by Gasteiger charge is 2.46. The van der Waals surface area contributed by atoms with Gasteiger partial charge in [0.15, 0.2) is 0 Å². The van der Waals surface area contributed by atoms with E-state index in [4.69, 9.17) is 10.5 Å². The minimum atomic E-state index is -0.427. The zero-order valence-electron chi connectivity index (χ0n) is 13.2. The molecular formula is C14H28N4O2. The van der Waals surface area contributed by atoms with Gasteiger partial charge in [0.2, 0.25) is 0 Å². The van der Waals surface area contributed by atoms with Crippen molar-refractivity contribution in [3.63, 3.8) is 0 Å². The van der Waals surface area contributed by atoms with Crippen LogP contribution in [0.2, 0.25) is 0 Å². The molecule has 116 valence electrons. The van der Waals surface area contributed by atoms with E-state index in [2.05, 4.69) is 16.8 Å². The van der Waals surface area contributed by atoms with Crippen LogP contribution < -0.4 is 5.73 Å². The molecule has 0 aromatic carbocycles. The highest BCUT2D eigenvalue weighted by Crippen LogP contribution is 2.27. The Morgan fingerprint density at radius 3 is 2.15 bits per heavy atom. The van der Waals surface area contributed by atoms with Crippen molar-refractivity contribution in [2.45, 2.75) is 31.9 Å². The Balaban J connectivity index is 1.85. The van der Waals surface area contributed by atoms with Gasteiger partial charge in [-0.25, -0.2) is 4.79 Å². The lowest BCUT2D eigenvalue weighted by atomic mass is 9.87. The zero-order valence-corrected chi connectivity index (χ0v) is 13.2. The average molecular weight is 284 g/mol. The fraction of sp³-hybridized carbons (Fsp3) is 0.929. The number of hydrogen-bond donors (Lipinski definition) is 1. The van der Waals surface area contributed by atoms with Crippen LogP contribution in [0, 0.1) is 0 Å². The molecule has 0 unspecified atom stereocenters. The zero-order chi connectivity index (χ0) is 15.0. The molecule has 6 heteroatoms. The monoisotopic (exact) mass is 284 g/mol. The summed E-state index contributed by atoms with van der Waals surface area (Å²) in [4.78, 5) is 18.6. The first-order chi connectivity index (χ1) is 9.26. The van der Waals surface area contributed by atoms with E-state index in [-0.39, 0.29) is 11.6 Å². The number of rotatable bonds is 2. The number of likely N-dealkylation sites (N-methyl/N-ethyl adjacent to an activating group) is 1. The molecule has 0 aromatic heterocycles. The molecule has 0 saturated carbocycles. The van der Waals surface area contributed by atoms with E-state index in [9.17, 15) is 4.79 Å². The van der Waals surface area contributed by atoms with E-state index in [1.807, 2.05) is 20.8 Å². The molecule has 6 nitrogen and oxygen atoms in total. The fourth-order valence-corrected chi connectivity index (χ4v) is 3.11. The Kier molecular flexibility index (Phi) is 4.27. The van der Waals surface area contributed by atoms with Crippen molar-refractivity contribution in [2.75, 3.05) is 52.9 Å². The summed E-state index contributed by atoms with van der Waals surface area (Å²) in [7, 11) is 2.12. The van der Waals surface area contributed by atoms with E-state index in [0.717, 1.165) is 39.3 Å². The Morgan fingerprint density at radius 2 is 1.75 bits per heavy atom. The Bertz CT molecular complexity index is 353. The number of piperazine rings is 1. The lowest BCUT2D eigenvalue weighted by molar-refractivity contribution is -0.0594. The van der Waals surface area contributed by atoms with Crippen molar-refractivity contribution in [1.82, 2.24) is 14.7 Å². The highest BCUT2D eigenvalue weighted by molar-refractivity contribution is 5.68. The van der Waals surface area contributed by atoms with E-state index < -0.39 is 5.60 Å². The molecule has 0 spiro atoms. The summed E-state index contributed by atoms with van der Waals surface area (Å²) in [6, 6.07) is 0. The second-order valence-corrected chi connectivity index (χ2v) is 7.06. The molecule has 2 rings (SSSR count). The summed E-state index contributed by atoms with van der Waals surface area (Å²) in [5.41, 5.74) is 5.66. The van der Waals surface area contributed by atoms with Crippen molar-refractivity contribution < 1.29 is 9.53 Å². The van der Waals surface area contributed by atoms with Crippen molar-refractivity contribution >= 4 is 6.09 Å². The van der Waals surface area contributed by atoms with Gasteiger partial charge >= 0.3 is 6.09 Å². The van der Waals surface area contributed by atoms with Crippen LogP contribution in [0.1, 0.15) is 20.8 Å². The Hall–Kier alpha value is -0.850. The Morgan fingerprint density at radius 1 is 1.20 bits per heavy atom. The fourth-order valence-electron chi connectivity index (χ4n) is 3.11. The van der Waals surface area contributed by atoms with Crippen LogP contribution in [0.3, 0.4) is 0 Å². The molecule has 20 heavy (non-hydrogen) atoms. The van der Waals surface area contributed by atoms with Crippen LogP contribution in [0.15, 0.2) is 0 Å². The van der Waals surface area contributed by atoms with Crippen LogP contribution in [0.5, 0.6) is 0 Å². The van der Waals surface area contributed by atoms with Gasteiger partial charge in [-0.05, 0) is 27.8 Å². The summed E-state index contributed by atoms with van der Waals surface area (Å²) in [5, 5.41) is 0. The topological polar surface area (TPSA) is 62.0 Å². The van der Waals surface area contributed by atoms with E-state index in [1.165, 1.54) is 0 Å². The quantitative estimate of drug-likeness (QED) is 0.784. The van der Waals surface area contributed by atoms with Crippen molar-refractivity contribution in [2.24, 2.45) is 5.73 Å². The van der Waals surface area contributed by atoms with Gasteiger partial charge in [0.25, 0.3) is 0 Å². The van der Waals surface area contributed by atoms with Gasteiger partial charge in [-0.15, -0.1) is 0 Å². The molecule has 0 bridgehead atoms. The lowest BCUT2D eigenvalue weighted by Gasteiger charge is -2.56. The molecule has 2 aliphatic rings. The molecule has 1 amide bonds. The van der Waals surface area contributed by atoms with Gasteiger partial charge < -0.3 is 20.3 Å². The van der Waals surface area contributed by atoms with Gasteiger partial charge in [-0.3, -0.25) is 4.90 Å². The number of ether oxygens (including phenoxy) is 1. The van der Waals surface area contributed by atoms with Gasteiger partial charge in [0, 0.05) is 45.8 Å². The normalized spacial score (nSPS) is 24.4. The van der Waals surface area contributed by atoms with Crippen molar-refractivity contribution in [1.29, 1.82) is 0 Å². The maximum absolute atomic E-state index is 12.0. The molecule has 2 fully saturated rings. The van der Waals surface area contributed by atoms with E-state index in [0.29, 0.717) is 6.54 Å². The first-order valence-electron chi connectivity index (χ1n) is 7.37. The molecule has 2 saturated heterocycles. The number of amides is 1. The van der Waals surface area contributed by atoms with E-state index >= 15 is 0 Å². The van der Waals surface area contributed by atoms with Gasteiger partial charge in [-0.1, -0.05) is 0 Å². The minimum absolute atomic E-state index is 0.120. The number of nitrogens with zero attached hydrogens (tertiary/aromatic N) is 3. The standard InChI is InChI=1S/C14H28N4O2/c1-13(2,3)20-12(19)17-5-7-18(8-6-17)14(9-15)10-16(4)11-14/h5-11,15H2,1-4H3. The lowest BCUT2D eigenvalue weighted by Crippen LogP contribution is -2.74. The maximum Gasteiger partial charge on any atom is 0.410 e. The van der Waals surface area contributed by atoms with Crippen LogP contribution in [0.25, 0.3) is 0 Å². The van der Waals surface area contributed by atoms with Crippen LogP contribution in [0.4, 0.5) is 4.79 Å². The number of likely N-dealkylation sites (tertiary alicyclic amines) is 1. The largest absolute Gasteiger partial charge is 0.444 e. The third-order valence-corrected chi connectivity index (χ3v) is 4.11. The molecule has 2 N–H and O–H groups in total. The van der Waals surface area contributed by atoms with Gasteiger partial charge in [0.05, 0.1) is 5.54 Å². The number of hydrogen-bond acceptors (Lipinski definition) is 5. The molecule has 2 aliphatic heterocycles. The summed E-state index contributed by atoms with van der Waals surface area (Å²) >= 11 is 0. The highest BCUT2D eigenvalue weighted by atomic mass is 16.6. The Labute approximate surface area is 121 Å². The molecule has 0 radical (unpaired) electrons. The first-order valence-corrected chi connectivity index (χ1v) is 7.37. The van der Waals surface area contributed by atoms with Crippen LogP contribution in [-0.4, -0.2) is 84.8 Å². The third kappa shape index (κ3) is 3.24. The molecule has 2 heterocycles. The maximum atomic E-state index is 12.0. The first kappa shape index (κ1) is 15.5. The third-order valence-electron chi connectivity index (χ3n) is 4.11. The predicted octanol–water partition coefficient (Wildman–Crippen LogP) is 0.182. The summed E-state index contributed by atoms with van der Waals surface area (Å²) in [6.07, 6.45) is -0.204. The molecular weight excluding hydrogens is 256 g/mol.